The molecule has 0 aliphatic rings. The van der Waals surface area contributed by atoms with Gasteiger partial charge in [-0.25, -0.2) is 0 Å². The molecule has 2 heteroatoms. The van der Waals surface area contributed by atoms with Crippen LogP contribution in [0.2, 0.25) is 0 Å². The van der Waals surface area contributed by atoms with Crippen molar-refractivity contribution in [1.29, 1.82) is 0 Å². The standard InChI is InChI=1S/C15H21NO/c1-3-7-14(16-2)12-15(17)11-10-13-8-5-4-6-9-13/h4-6,8-9,14-17H,3,7,12H2,1-2H3. The molecule has 2 atom stereocenters. The van der Waals surface area contributed by atoms with Crippen LogP contribution in [-0.4, -0.2) is 24.3 Å². The summed E-state index contributed by atoms with van der Waals surface area (Å²) in [5, 5.41) is 13.0. The van der Waals surface area contributed by atoms with E-state index in [4.69, 9.17) is 0 Å². The minimum atomic E-state index is -0.556. The van der Waals surface area contributed by atoms with E-state index in [1.165, 1.54) is 0 Å². The van der Waals surface area contributed by atoms with Crippen molar-refractivity contribution in [3.63, 3.8) is 0 Å². The van der Waals surface area contributed by atoms with Crippen LogP contribution in [0.25, 0.3) is 0 Å². The summed E-state index contributed by atoms with van der Waals surface area (Å²) >= 11 is 0. The molecule has 0 heterocycles. The molecule has 0 bridgehead atoms. The molecular weight excluding hydrogens is 210 g/mol. The molecule has 1 aromatic carbocycles. The van der Waals surface area contributed by atoms with E-state index in [9.17, 15) is 5.11 Å². The molecule has 0 amide bonds. The SMILES string of the molecule is CCCC(CC(O)C#Cc1ccccc1)NC. The zero-order chi connectivity index (χ0) is 12.5. The van der Waals surface area contributed by atoms with E-state index in [-0.39, 0.29) is 0 Å². The van der Waals surface area contributed by atoms with Gasteiger partial charge in [-0.2, -0.15) is 0 Å². The van der Waals surface area contributed by atoms with Crippen LogP contribution in [-0.2, 0) is 0 Å². The summed E-state index contributed by atoms with van der Waals surface area (Å²) in [6, 6.07) is 10.1. The summed E-state index contributed by atoms with van der Waals surface area (Å²) in [6.07, 6.45) is 2.31. The van der Waals surface area contributed by atoms with Crippen LogP contribution in [0.1, 0.15) is 31.7 Å². The Kier molecular flexibility index (Phi) is 6.39. The van der Waals surface area contributed by atoms with Crippen molar-refractivity contribution in [3.8, 4) is 11.8 Å². The quantitative estimate of drug-likeness (QED) is 0.761. The fourth-order valence-electron chi connectivity index (χ4n) is 1.75. The fraction of sp³-hybridized carbons (Fsp3) is 0.467. The largest absolute Gasteiger partial charge is 0.380 e. The van der Waals surface area contributed by atoms with E-state index in [0.29, 0.717) is 12.5 Å². The molecule has 0 fully saturated rings. The second kappa shape index (κ2) is 7.89. The minimum absolute atomic E-state index is 0.347. The molecule has 92 valence electrons. The van der Waals surface area contributed by atoms with E-state index >= 15 is 0 Å². The zero-order valence-electron chi connectivity index (χ0n) is 10.6. The number of rotatable bonds is 5. The van der Waals surface area contributed by atoms with E-state index < -0.39 is 6.10 Å². The number of hydrogen-bond donors (Lipinski definition) is 2. The second-order valence-electron chi connectivity index (χ2n) is 4.16. The van der Waals surface area contributed by atoms with Crippen molar-refractivity contribution in [2.45, 2.75) is 38.3 Å². The number of aliphatic hydroxyl groups is 1. The highest BCUT2D eigenvalue weighted by Crippen LogP contribution is 2.04. The van der Waals surface area contributed by atoms with Gasteiger partial charge in [0.05, 0.1) is 0 Å². The molecule has 0 aliphatic carbocycles. The molecule has 2 unspecified atom stereocenters. The molecule has 0 aliphatic heterocycles. The van der Waals surface area contributed by atoms with Gasteiger partial charge < -0.3 is 10.4 Å². The van der Waals surface area contributed by atoms with Gasteiger partial charge in [0, 0.05) is 11.6 Å². The molecule has 2 nitrogen and oxygen atoms in total. The van der Waals surface area contributed by atoms with Gasteiger partial charge in [0.1, 0.15) is 6.10 Å². The minimum Gasteiger partial charge on any atom is -0.380 e. The predicted octanol–water partition coefficient (Wildman–Crippen LogP) is 2.18. The van der Waals surface area contributed by atoms with Gasteiger partial charge in [0.15, 0.2) is 0 Å². The highest BCUT2D eigenvalue weighted by atomic mass is 16.3. The number of aliphatic hydroxyl groups excluding tert-OH is 1. The maximum absolute atomic E-state index is 9.83. The topological polar surface area (TPSA) is 32.3 Å². The Morgan fingerprint density at radius 2 is 2.00 bits per heavy atom. The Labute approximate surface area is 104 Å². The van der Waals surface area contributed by atoms with E-state index in [2.05, 4.69) is 24.1 Å². The summed E-state index contributed by atoms with van der Waals surface area (Å²) in [5.41, 5.74) is 0.947. The van der Waals surface area contributed by atoms with Crippen LogP contribution in [0.15, 0.2) is 30.3 Å². The molecule has 1 aromatic rings. The summed E-state index contributed by atoms with van der Waals surface area (Å²) in [5.74, 6) is 5.88. The smallest absolute Gasteiger partial charge is 0.116 e. The maximum atomic E-state index is 9.83. The van der Waals surface area contributed by atoms with Crippen molar-refractivity contribution in [3.05, 3.63) is 35.9 Å². The number of nitrogens with one attached hydrogen (secondary N) is 1. The Balaban J connectivity index is 2.49. The Morgan fingerprint density at radius 1 is 1.29 bits per heavy atom. The van der Waals surface area contributed by atoms with E-state index in [1.54, 1.807) is 0 Å². The van der Waals surface area contributed by atoms with Crippen LogP contribution in [0.3, 0.4) is 0 Å². The summed E-state index contributed by atoms with van der Waals surface area (Å²) in [4.78, 5) is 0. The summed E-state index contributed by atoms with van der Waals surface area (Å²) in [7, 11) is 1.93. The monoisotopic (exact) mass is 231 g/mol. The zero-order valence-corrected chi connectivity index (χ0v) is 10.6. The molecule has 0 saturated carbocycles. The average molecular weight is 231 g/mol. The molecular formula is C15H21NO. The lowest BCUT2D eigenvalue weighted by atomic mass is 10.0. The van der Waals surface area contributed by atoms with Gasteiger partial charge in [-0.05, 0) is 32.0 Å². The molecule has 17 heavy (non-hydrogen) atoms. The Bertz CT molecular complexity index is 364. The van der Waals surface area contributed by atoms with Crippen LogP contribution >= 0.6 is 0 Å². The van der Waals surface area contributed by atoms with Gasteiger partial charge in [0.25, 0.3) is 0 Å². The van der Waals surface area contributed by atoms with Crippen LogP contribution in [0.5, 0.6) is 0 Å². The first-order chi connectivity index (χ1) is 8.26. The number of hydrogen-bond acceptors (Lipinski definition) is 2. The fourth-order valence-corrected chi connectivity index (χ4v) is 1.75. The van der Waals surface area contributed by atoms with Crippen molar-refractivity contribution < 1.29 is 5.11 Å². The Hall–Kier alpha value is -1.30. The lowest BCUT2D eigenvalue weighted by Crippen LogP contribution is -2.29. The lowest BCUT2D eigenvalue weighted by Gasteiger charge is -2.15. The molecule has 0 radical (unpaired) electrons. The van der Waals surface area contributed by atoms with Crippen molar-refractivity contribution in [2.24, 2.45) is 0 Å². The molecule has 1 rings (SSSR count). The molecule has 0 spiro atoms. The van der Waals surface area contributed by atoms with Gasteiger partial charge in [-0.1, -0.05) is 43.4 Å². The lowest BCUT2D eigenvalue weighted by molar-refractivity contribution is 0.202. The van der Waals surface area contributed by atoms with Crippen LogP contribution in [0.4, 0.5) is 0 Å². The normalized spacial score (nSPS) is 13.6. The highest BCUT2D eigenvalue weighted by molar-refractivity contribution is 5.34. The first kappa shape index (κ1) is 13.8. The third-order valence-corrected chi connectivity index (χ3v) is 2.71. The van der Waals surface area contributed by atoms with Gasteiger partial charge in [-0.15, -0.1) is 0 Å². The van der Waals surface area contributed by atoms with Crippen LogP contribution < -0.4 is 5.32 Å². The van der Waals surface area contributed by atoms with Gasteiger partial charge in [0.2, 0.25) is 0 Å². The molecule has 0 saturated heterocycles. The van der Waals surface area contributed by atoms with Crippen molar-refractivity contribution in [1.82, 2.24) is 5.32 Å². The summed E-state index contributed by atoms with van der Waals surface area (Å²) < 4.78 is 0. The average Bonchev–Trinajstić information content (AvgIpc) is 2.37. The Morgan fingerprint density at radius 3 is 2.59 bits per heavy atom. The van der Waals surface area contributed by atoms with Crippen molar-refractivity contribution in [2.75, 3.05) is 7.05 Å². The third-order valence-electron chi connectivity index (χ3n) is 2.71. The highest BCUT2D eigenvalue weighted by Gasteiger charge is 2.09. The van der Waals surface area contributed by atoms with Gasteiger partial charge in [-0.3, -0.25) is 0 Å². The van der Waals surface area contributed by atoms with Gasteiger partial charge >= 0.3 is 0 Å². The van der Waals surface area contributed by atoms with E-state index in [0.717, 1.165) is 18.4 Å². The summed E-state index contributed by atoms with van der Waals surface area (Å²) in [6.45, 7) is 2.15. The predicted molar refractivity (Wildman–Crippen MR) is 71.7 cm³/mol. The third kappa shape index (κ3) is 5.53. The molecule has 0 aromatic heterocycles. The van der Waals surface area contributed by atoms with Crippen molar-refractivity contribution >= 4 is 0 Å². The van der Waals surface area contributed by atoms with E-state index in [1.807, 2.05) is 37.4 Å². The molecule has 2 N–H and O–H groups in total. The first-order valence-corrected chi connectivity index (χ1v) is 6.18. The first-order valence-electron chi connectivity index (χ1n) is 6.18. The number of benzene rings is 1. The maximum Gasteiger partial charge on any atom is 0.116 e. The van der Waals surface area contributed by atoms with Crippen LogP contribution in [0, 0.1) is 11.8 Å². The second-order valence-corrected chi connectivity index (χ2v) is 4.16.